The van der Waals surface area contributed by atoms with Crippen molar-refractivity contribution in [2.75, 3.05) is 0 Å². The van der Waals surface area contributed by atoms with E-state index >= 15 is 0 Å². The summed E-state index contributed by atoms with van der Waals surface area (Å²) in [4.78, 5) is 0. The number of hydrogen-bond donors (Lipinski definition) is 1. The summed E-state index contributed by atoms with van der Waals surface area (Å²) in [6.07, 6.45) is 11.9. The van der Waals surface area contributed by atoms with E-state index in [-0.39, 0.29) is 0 Å². The van der Waals surface area contributed by atoms with Crippen LogP contribution in [0.2, 0.25) is 0 Å². The molecule has 0 aromatic rings. The number of hydrogen-bond acceptors (Lipinski definition) is 1. The van der Waals surface area contributed by atoms with Crippen LogP contribution in [-0.2, 0) is 0 Å². The van der Waals surface area contributed by atoms with Crippen LogP contribution in [0.25, 0.3) is 0 Å². The van der Waals surface area contributed by atoms with Gasteiger partial charge in [0.2, 0.25) is 0 Å². The molecule has 0 saturated heterocycles. The Morgan fingerprint density at radius 2 is 1.57 bits per heavy atom. The molecule has 1 nitrogen and oxygen atoms in total. The molecule has 0 amide bonds. The molecule has 14 heavy (non-hydrogen) atoms. The average molecular weight is 195 g/mol. The summed E-state index contributed by atoms with van der Waals surface area (Å²) in [6.45, 7) is 4.53. The molecule has 2 fully saturated rings. The smallest absolute Gasteiger partial charge is 0.00698 e. The lowest BCUT2D eigenvalue weighted by atomic mass is 9.71. The van der Waals surface area contributed by atoms with Crippen molar-refractivity contribution < 1.29 is 0 Å². The van der Waals surface area contributed by atoms with Crippen LogP contribution >= 0.6 is 0 Å². The Balaban J connectivity index is 1.79. The summed E-state index contributed by atoms with van der Waals surface area (Å²) in [7, 11) is 0. The molecule has 2 saturated carbocycles. The van der Waals surface area contributed by atoms with E-state index in [0.29, 0.717) is 6.04 Å². The van der Waals surface area contributed by atoms with Gasteiger partial charge in [-0.3, -0.25) is 0 Å². The highest BCUT2D eigenvalue weighted by atomic mass is 14.9. The van der Waals surface area contributed by atoms with Crippen molar-refractivity contribution in [1.29, 1.82) is 0 Å². The minimum atomic E-state index is 0.664. The summed E-state index contributed by atoms with van der Waals surface area (Å²) in [5.74, 6) is 0. The first-order valence-corrected chi connectivity index (χ1v) is 6.46. The van der Waals surface area contributed by atoms with E-state index in [2.05, 4.69) is 19.2 Å². The Kier molecular flexibility index (Phi) is 3.16. The topological polar surface area (TPSA) is 12.0 Å². The molecular weight excluding hydrogens is 170 g/mol. The zero-order valence-electron chi connectivity index (χ0n) is 9.81. The summed E-state index contributed by atoms with van der Waals surface area (Å²) in [6, 6.07) is 1.49. The summed E-state index contributed by atoms with van der Waals surface area (Å²) >= 11 is 0. The SMILES string of the molecule is CC(C)NC1CCC2(CCCC2)CC1. The lowest BCUT2D eigenvalue weighted by Gasteiger charge is -2.38. The Bertz CT molecular complexity index is 170. The van der Waals surface area contributed by atoms with Crippen molar-refractivity contribution in [2.45, 2.75) is 77.3 Å². The van der Waals surface area contributed by atoms with E-state index in [1.54, 1.807) is 0 Å². The molecule has 0 bridgehead atoms. The zero-order valence-corrected chi connectivity index (χ0v) is 9.81. The van der Waals surface area contributed by atoms with Gasteiger partial charge in [-0.25, -0.2) is 0 Å². The lowest BCUT2D eigenvalue weighted by Crippen LogP contribution is -2.39. The first kappa shape index (κ1) is 10.5. The molecule has 0 radical (unpaired) electrons. The molecule has 0 unspecified atom stereocenters. The Hall–Kier alpha value is -0.0400. The molecule has 2 rings (SSSR count). The fraction of sp³-hybridized carbons (Fsp3) is 1.00. The lowest BCUT2D eigenvalue weighted by molar-refractivity contribution is 0.165. The summed E-state index contributed by atoms with van der Waals surface area (Å²) in [5, 5.41) is 3.69. The second-order valence-corrected chi connectivity index (χ2v) is 5.80. The van der Waals surface area contributed by atoms with Crippen molar-refractivity contribution in [3.8, 4) is 0 Å². The Morgan fingerprint density at radius 1 is 1.00 bits per heavy atom. The molecule has 0 aliphatic heterocycles. The highest BCUT2D eigenvalue weighted by molar-refractivity contribution is 4.91. The van der Waals surface area contributed by atoms with Crippen molar-refractivity contribution in [1.82, 2.24) is 5.32 Å². The van der Waals surface area contributed by atoms with E-state index in [1.807, 2.05) is 0 Å². The van der Waals surface area contributed by atoms with E-state index in [0.717, 1.165) is 11.5 Å². The van der Waals surface area contributed by atoms with Crippen molar-refractivity contribution in [2.24, 2.45) is 5.41 Å². The summed E-state index contributed by atoms with van der Waals surface area (Å²) in [5.41, 5.74) is 0.801. The third-order valence-electron chi connectivity index (χ3n) is 4.28. The minimum Gasteiger partial charge on any atom is -0.312 e. The first-order valence-electron chi connectivity index (χ1n) is 6.46. The van der Waals surface area contributed by atoms with Gasteiger partial charge in [0.25, 0.3) is 0 Å². The third-order valence-corrected chi connectivity index (χ3v) is 4.28. The van der Waals surface area contributed by atoms with Crippen molar-refractivity contribution >= 4 is 0 Å². The van der Waals surface area contributed by atoms with Crippen molar-refractivity contribution in [3.63, 3.8) is 0 Å². The number of nitrogens with one attached hydrogen (secondary N) is 1. The molecule has 2 aliphatic rings. The van der Waals surface area contributed by atoms with Crippen LogP contribution in [0.3, 0.4) is 0 Å². The standard InChI is InChI=1S/C13H25N/c1-11(2)14-12-5-9-13(10-6-12)7-3-4-8-13/h11-12,14H,3-10H2,1-2H3. The highest BCUT2D eigenvalue weighted by Gasteiger charge is 2.37. The predicted molar refractivity (Wildman–Crippen MR) is 61.4 cm³/mol. The van der Waals surface area contributed by atoms with Crippen molar-refractivity contribution in [3.05, 3.63) is 0 Å². The maximum Gasteiger partial charge on any atom is 0.00698 e. The maximum absolute atomic E-state index is 3.69. The summed E-state index contributed by atoms with van der Waals surface area (Å²) < 4.78 is 0. The van der Waals surface area contributed by atoms with Gasteiger partial charge in [0.1, 0.15) is 0 Å². The number of rotatable bonds is 2. The maximum atomic E-state index is 3.69. The van der Waals surface area contributed by atoms with Crippen LogP contribution in [0, 0.1) is 5.41 Å². The van der Waals surface area contributed by atoms with Crippen LogP contribution in [0.5, 0.6) is 0 Å². The van der Waals surface area contributed by atoms with Gasteiger partial charge in [-0.1, -0.05) is 26.7 Å². The Morgan fingerprint density at radius 3 is 2.07 bits per heavy atom. The molecule has 1 N–H and O–H groups in total. The largest absolute Gasteiger partial charge is 0.312 e. The molecule has 1 heteroatoms. The van der Waals surface area contributed by atoms with Crippen LogP contribution in [0.1, 0.15) is 65.2 Å². The van der Waals surface area contributed by atoms with Crippen LogP contribution in [-0.4, -0.2) is 12.1 Å². The zero-order chi connectivity index (χ0) is 10.0. The molecule has 0 heterocycles. The molecular formula is C13H25N. The fourth-order valence-electron chi connectivity index (χ4n) is 3.49. The molecule has 82 valence electrons. The highest BCUT2D eigenvalue weighted by Crippen LogP contribution is 2.48. The average Bonchev–Trinajstić information content (AvgIpc) is 2.58. The second kappa shape index (κ2) is 4.22. The van der Waals surface area contributed by atoms with E-state index in [9.17, 15) is 0 Å². The van der Waals surface area contributed by atoms with Crippen LogP contribution in [0.15, 0.2) is 0 Å². The Labute approximate surface area is 88.7 Å². The van der Waals surface area contributed by atoms with E-state index in [4.69, 9.17) is 0 Å². The second-order valence-electron chi connectivity index (χ2n) is 5.80. The normalized spacial score (nSPS) is 27.6. The minimum absolute atomic E-state index is 0.664. The van der Waals surface area contributed by atoms with Gasteiger partial charge in [0.05, 0.1) is 0 Å². The van der Waals surface area contributed by atoms with Crippen LogP contribution < -0.4 is 5.32 Å². The fourth-order valence-corrected chi connectivity index (χ4v) is 3.49. The van der Waals surface area contributed by atoms with Gasteiger partial charge >= 0.3 is 0 Å². The predicted octanol–water partition coefficient (Wildman–Crippen LogP) is 3.49. The third kappa shape index (κ3) is 2.31. The van der Waals surface area contributed by atoms with Gasteiger partial charge in [0.15, 0.2) is 0 Å². The van der Waals surface area contributed by atoms with E-state index < -0.39 is 0 Å². The molecule has 2 aliphatic carbocycles. The van der Waals surface area contributed by atoms with E-state index in [1.165, 1.54) is 51.4 Å². The van der Waals surface area contributed by atoms with Gasteiger partial charge in [-0.2, -0.15) is 0 Å². The molecule has 0 aromatic carbocycles. The van der Waals surface area contributed by atoms with Crippen LogP contribution in [0.4, 0.5) is 0 Å². The van der Waals surface area contributed by atoms with Gasteiger partial charge in [-0.15, -0.1) is 0 Å². The molecule has 0 aromatic heterocycles. The first-order chi connectivity index (χ1) is 6.70. The van der Waals surface area contributed by atoms with Gasteiger partial charge in [0, 0.05) is 12.1 Å². The quantitative estimate of drug-likeness (QED) is 0.711. The monoisotopic (exact) mass is 195 g/mol. The molecule has 1 spiro atoms. The van der Waals surface area contributed by atoms with Gasteiger partial charge in [-0.05, 0) is 43.9 Å². The van der Waals surface area contributed by atoms with Gasteiger partial charge < -0.3 is 5.32 Å². The molecule has 0 atom stereocenters.